The highest BCUT2D eigenvalue weighted by Crippen LogP contribution is 2.26. The third kappa shape index (κ3) is 3.69. The molecule has 2 N–H and O–H groups in total. The summed E-state index contributed by atoms with van der Waals surface area (Å²) in [7, 11) is 0. The zero-order chi connectivity index (χ0) is 14.5. The van der Waals surface area contributed by atoms with Crippen LogP contribution < -0.4 is 4.90 Å². The summed E-state index contributed by atoms with van der Waals surface area (Å²) in [6.45, 7) is 3.50. The Hall–Kier alpha value is -1.17. The molecule has 1 saturated heterocycles. The molecule has 0 aliphatic carbocycles. The quantitative estimate of drug-likeness (QED) is 0.866. The minimum absolute atomic E-state index is 0.0373. The van der Waals surface area contributed by atoms with E-state index in [4.69, 9.17) is 9.84 Å². The van der Waals surface area contributed by atoms with Gasteiger partial charge in [0.25, 0.3) is 0 Å². The van der Waals surface area contributed by atoms with Crippen molar-refractivity contribution in [3.63, 3.8) is 0 Å². The smallest absolute Gasteiger partial charge is 0.146 e. The maximum atomic E-state index is 14.1. The van der Waals surface area contributed by atoms with Crippen molar-refractivity contribution in [2.24, 2.45) is 0 Å². The highest BCUT2D eigenvalue weighted by Gasteiger charge is 2.22. The molecule has 1 unspecified atom stereocenters. The van der Waals surface area contributed by atoms with Gasteiger partial charge in [0.2, 0.25) is 0 Å². The normalized spacial score (nSPS) is 18.3. The number of hydrogen-bond donors (Lipinski definition) is 2. The average molecular weight is 283 g/mol. The van der Waals surface area contributed by atoms with Crippen LogP contribution in [-0.4, -0.2) is 42.6 Å². The summed E-state index contributed by atoms with van der Waals surface area (Å²) in [5.41, 5.74) is 1.17. The van der Waals surface area contributed by atoms with E-state index in [0.29, 0.717) is 17.9 Å². The van der Waals surface area contributed by atoms with Crippen molar-refractivity contribution < 1.29 is 19.3 Å². The monoisotopic (exact) mass is 283 g/mol. The standard InChI is InChI=1S/C15H22FNO3/c1-11(19)12-2-3-15(14(16)10-12)17-6-4-13(5-7-17)20-9-8-18/h2-3,10-11,13,18-19H,4-9H2,1H3. The molecule has 2 rings (SSSR count). The largest absolute Gasteiger partial charge is 0.394 e. The molecule has 1 fully saturated rings. The van der Waals surface area contributed by atoms with E-state index in [-0.39, 0.29) is 18.5 Å². The molecule has 112 valence electrons. The second kappa shape index (κ2) is 7.02. The zero-order valence-corrected chi connectivity index (χ0v) is 11.8. The van der Waals surface area contributed by atoms with E-state index in [1.807, 2.05) is 4.90 Å². The number of piperidine rings is 1. The third-order valence-electron chi connectivity index (χ3n) is 3.68. The van der Waals surface area contributed by atoms with Crippen molar-refractivity contribution in [3.05, 3.63) is 29.6 Å². The molecule has 1 aliphatic heterocycles. The molecule has 1 aromatic carbocycles. The Bertz CT molecular complexity index is 431. The van der Waals surface area contributed by atoms with Gasteiger partial charge in [-0.25, -0.2) is 4.39 Å². The number of aliphatic hydroxyl groups excluding tert-OH is 2. The van der Waals surface area contributed by atoms with Crippen LogP contribution in [0.4, 0.5) is 10.1 Å². The van der Waals surface area contributed by atoms with Gasteiger partial charge in [0, 0.05) is 13.1 Å². The molecule has 0 aromatic heterocycles. The lowest BCUT2D eigenvalue weighted by atomic mass is 10.1. The number of aliphatic hydroxyl groups is 2. The van der Waals surface area contributed by atoms with E-state index in [9.17, 15) is 9.50 Å². The van der Waals surface area contributed by atoms with E-state index in [2.05, 4.69) is 0 Å². The summed E-state index contributed by atoms with van der Waals surface area (Å²) < 4.78 is 19.6. The van der Waals surface area contributed by atoms with Gasteiger partial charge < -0.3 is 19.8 Å². The van der Waals surface area contributed by atoms with Crippen molar-refractivity contribution >= 4 is 5.69 Å². The van der Waals surface area contributed by atoms with Gasteiger partial charge >= 0.3 is 0 Å². The summed E-state index contributed by atoms with van der Waals surface area (Å²) in [4.78, 5) is 2.00. The van der Waals surface area contributed by atoms with Crippen LogP contribution in [-0.2, 0) is 4.74 Å². The van der Waals surface area contributed by atoms with Gasteiger partial charge in [-0.05, 0) is 37.5 Å². The van der Waals surface area contributed by atoms with Crippen LogP contribution in [0, 0.1) is 5.82 Å². The van der Waals surface area contributed by atoms with E-state index in [1.165, 1.54) is 6.07 Å². The fourth-order valence-electron chi connectivity index (χ4n) is 2.52. The Morgan fingerprint density at radius 1 is 1.40 bits per heavy atom. The van der Waals surface area contributed by atoms with Gasteiger partial charge in [0.15, 0.2) is 0 Å². The fourth-order valence-corrected chi connectivity index (χ4v) is 2.52. The average Bonchev–Trinajstić information content (AvgIpc) is 2.45. The first kappa shape index (κ1) is 15.2. The molecule has 20 heavy (non-hydrogen) atoms. The molecule has 0 bridgehead atoms. The third-order valence-corrected chi connectivity index (χ3v) is 3.68. The molecular weight excluding hydrogens is 261 g/mol. The van der Waals surface area contributed by atoms with Crippen molar-refractivity contribution in [2.75, 3.05) is 31.2 Å². The fraction of sp³-hybridized carbons (Fsp3) is 0.600. The number of rotatable bonds is 5. The van der Waals surface area contributed by atoms with Crippen LogP contribution >= 0.6 is 0 Å². The van der Waals surface area contributed by atoms with Gasteiger partial charge in [-0.15, -0.1) is 0 Å². The predicted octanol–water partition coefficient (Wildman–Crippen LogP) is 1.86. The van der Waals surface area contributed by atoms with Crippen molar-refractivity contribution in [3.8, 4) is 0 Å². The van der Waals surface area contributed by atoms with Crippen LogP contribution in [0.15, 0.2) is 18.2 Å². The second-order valence-corrected chi connectivity index (χ2v) is 5.17. The lowest BCUT2D eigenvalue weighted by Gasteiger charge is -2.33. The first-order valence-electron chi connectivity index (χ1n) is 7.06. The number of hydrogen-bond acceptors (Lipinski definition) is 4. The molecule has 1 aromatic rings. The molecule has 4 nitrogen and oxygen atoms in total. The molecule has 0 spiro atoms. The SMILES string of the molecule is CC(O)c1ccc(N2CCC(OCCO)CC2)c(F)c1. The molecular formula is C15H22FNO3. The van der Waals surface area contributed by atoms with Gasteiger partial charge in [-0.2, -0.15) is 0 Å². The lowest BCUT2D eigenvalue weighted by molar-refractivity contribution is 0.0158. The molecule has 1 atom stereocenters. The minimum atomic E-state index is -0.656. The Kier molecular flexibility index (Phi) is 5.34. The number of ether oxygens (including phenoxy) is 1. The molecule has 0 radical (unpaired) electrons. The molecule has 5 heteroatoms. The van der Waals surface area contributed by atoms with Crippen LogP contribution in [0.5, 0.6) is 0 Å². The zero-order valence-electron chi connectivity index (χ0n) is 11.8. The maximum Gasteiger partial charge on any atom is 0.146 e. The maximum absolute atomic E-state index is 14.1. The number of halogens is 1. The Morgan fingerprint density at radius 3 is 2.65 bits per heavy atom. The van der Waals surface area contributed by atoms with Gasteiger partial charge in [-0.1, -0.05) is 6.07 Å². The van der Waals surface area contributed by atoms with Crippen LogP contribution in [0.3, 0.4) is 0 Å². The summed E-state index contributed by atoms with van der Waals surface area (Å²) in [5.74, 6) is -0.293. The topological polar surface area (TPSA) is 52.9 Å². The summed E-state index contributed by atoms with van der Waals surface area (Å²) in [5, 5.41) is 18.2. The van der Waals surface area contributed by atoms with E-state index >= 15 is 0 Å². The first-order valence-corrected chi connectivity index (χ1v) is 7.06. The van der Waals surface area contributed by atoms with E-state index in [1.54, 1.807) is 19.1 Å². The summed E-state index contributed by atoms with van der Waals surface area (Å²) in [6.07, 6.45) is 1.16. The van der Waals surface area contributed by atoms with Gasteiger partial charge in [-0.3, -0.25) is 0 Å². The molecule has 1 aliphatic rings. The van der Waals surface area contributed by atoms with Gasteiger partial charge in [0.1, 0.15) is 5.82 Å². The van der Waals surface area contributed by atoms with Crippen LogP contribution in [0.25, 0.3) is 0 Å². The molecule has 1 heterocycles. The van der Waals surface area contributed by atoms with Crippen molar-refractivity contribution in [1.82, 2.24) is 0 Å². The Balaban J connectivity index is 1.96. The number of nitrogens with zero attached hydrogens (tertiary/aromatic N) is 1. The van der Waals surface area contributed by atoms with Crippen LogP contribution in [0.2, 0.25) is 0 Å². The lowest BCUT2D eigenvalue weighted by Crippen LogP contribution is -2.37. The van der Waals surface area contributed by atoms with Crippen molar-refractivity contribution in [2.45, 2.75) is 32.0 Å². The van der Waals surface area contributed by atoms with E-state index in [0.717, 1.165) is 25.9 Å². The minimum Gasteiger partial charge on any atom is -0.394 e. The van der Waals surface area contributed by atoms with Crippen LogP contribution in [0.1, 0.15) is 31.4 Å². The van der Waals surface area contributed by atoms with Crippen molar-refractivity contribution in [1.29, 1.82) is 0 Å². The Morgan fingerprint density at radius 2 is 2.10 bits per heavy atom. The van der Waals surface area contributed by atoms with E-state index < -0.39 is 6.10 Å². The summed E-state index contributed by atoms with van der Waals surface area (Å²) in [6, 6.07) is 4.89. The Labute approximate surface area is 118 Å². The highest BCUT2D eigenvalue weighted by molar-refractivity contribution is 5.49. The number of benzene rings is 1. The molecule has 0 saturated carbocycles. The second-order valence-electron chi connectivity index (χ2n) is 5.17. The highest BCUT2D eigenvalue weighted by atomic mass is 19.1. The first-order chi connectivity index (χ1) is 9.61. The van der Waals surface area contributed by atoms with Gasteiger partial charge in [0.05, 0.1) is 31.1 Å². The summed E-state index contributed by atoms with van der Waals surface area (Å²) >= 11 is 0. The molecule has 0 amide bonds. The predicted molar refractivity (Wildman–Crippen MR) is 75.3 cm³/mol. The number of anilines is 1.